The Bertz CT molecular complexity index is 1280. The Hall–Kier alpha value is -3.77. The summed E-state index contributed by atoms with van der Waals surface area (Å²) in [6.45, 7) is 5.29. The molecule has 4 atom stereocenters. The van der Waals surface area contributed by atoms with Gasteiger partial charge in [-0.1, -0.05) is 135 Å². The van der Waals surface area contributed by atoms with Crippen LogP contribution in [0.2, 0.25) is 0 Å². The average molecular weight is 564 g/mol. The van der Waals surface area contributed by atoms with Crippen LogP contribution in [0.5, 0.6) is 0 Å². The lowest BCUT2D eigenvalue weighted by Gasteiger charge is -2.37. The van der Waals surface area contributed by atoms with E-state index in [0.29, 0.717) is 32.4 Å². The van der Waals surface area contributed by atoms with Crippen LogP contribution in [0.4, 0.5) is 0 Å². The molecule has 0 saturated carbocycles. The molecule has 0 heterocycles. The van der Waals surface area contributed by atoms with Gasteiger partial charge in [0.2, 0.25) is 5.91 Å². The van der Waals surface area contributed by atoms with Gasteiger partial charge < -0.3 is 16.2 Å². The van der Waals surface area contributed by atoms with Crippen molar-refractivity contribution in [3.8, 4) is 0 Å². The third-order valence-corrected chi connectivity index (χ3v) is 7.88. The SMILES string of the molecule is CC(C)[C@H](N)C(=O)N[C@@H](Cc1ccccc1)CC(O)[C@H](Cc1ccccc1)N(Cc1ccccc1)Cc1ccccc1. The van der Waals surface area contributed by atoms with Gasteiger partial charge in [0.25, 0.3) is 0 Å². The largest absolute Gasteiger partial charge is 0.391 e. The highest BCUT2D eigenvalue weighted by molar-refractivity contribution is 5.82. The molecule has 0 aliphatic heterocycles. The molecule has 0 spiro atoms. The fourth-order valence-electron chi connectivity index (χ4n) is 5.43. The first-order valence-electron chi connectivity index (χ1n) is 15.0. The maximum Gasteiger partial charge on any atom is 0.237 e. The quantitative estimate of drug-likeness (QED) is 0.172. The first-order chi connectivity index (χ1) is 20.4. The van der Waals surface area contributed by atoms with Gasteiger partial charge in [0, 0.05) is 25.2 Å². The predicted octanol–water partition coefficient (Wildman–Crippen LogP) is 5.76. The van der Waals surface area contributed by atoms with Crippen LogP contribution in [0.15, 0.2) is 121 Å². The standard InChI is InChI=1S/C37H45N3O2/c1-28(2)36(38)37(42)39-33(23-29-15-7-3-8-16-29)25-35(41)34(24-30-17-9-4-10-18-30)40(26-31-19-11-5-12-20-31)27-32-21-13-6-14-22-32/h3-22,28,33-36,41H,23-27,38H2,1-2H3,(H,39,42)/t33-,34-,35?,36-/m0/s1. The summed E-state index contributed by atoms with van der Waals surface area (Å²) in [5, 5.41) is 15.3. The second-order valence-electron chi connectivity index (χ2n) is 11.6. The lowest BCUT2D eigenvalue weighted by molar-refractivity contribution is -0.124. The highest BCUT2D eigenvalue weighted by Gasteiger charge is 2.30. The smallest absolute Gasteiger partial charge is 0.237 e. The molecular formula is C37H45N3O2. The van der Waals surface area contributed by atoms with Crippen molar-refractivity contribution in [1.29, 1.82) is 0 Å². The van der Waals surface area contributed by atoms with Crippen LogP contribution in [0, 0.1) is 5.92 Å². The number of carbonyl (C=O) groups is 1. The molecular weight excluding hydrogens is 518 g/mol. The number of hydrogen-bond donors (Lipinski definition) is 3. The van der Waals surface area contributed by atoms with E-state index in [2.05, 4.69) is 83.0 Å². The van der Waals surface area contributed by atoms with Crippen molar-refractivity contribution >= 4 is 5.91 Å². The van der Waals surface area contributed by atoms with Crippen molar-refractivity contribution < 1.29 is 9.90 Å². The highest BCUT2D eigenvalue weighted by atomic mass is 16.3. The first-order valence-corrected chi connectivity index (χ1v) is 15.0. The van der Waals surface area contributed by atoms with Crippen molar-refractivity contribution in [1.82, 2.24) is 10.2 Å². The number of aliphatic hydroxyl groups excluding tert-OH is 1. The Balaban J connectivity index is 1.65. The van der Waals surface area contributed by atoms with Gasteiger partial charge in [-0.25, -0.2) is 0 Å². The zero-order valence-electron chi connectivity index (χ0n) is 24.8. The molecule has 0 aromatic heterocycles. The maximum absolute atomic E-state index is 13.1. The Kier molecular flexibility index (Phi) is 11.9. The summed E-state index contributed by atoms with van der Waals surface area (Å²) < 4.78 is 0. The van der Waals surface area contributed by atoms with Crippen LogP contribution in [0.1, 0.15) is 42.5 Å². The minimum absolute atomic E-state index is 0.0189. The number of nitrogens with one attached hydrogen (secondary N) is 1. The van der Waals surface area contributed by atoms with E-state index in [0.717, 1.165) is 11.1 Å². The number of nitrogens with zero attached hydrogens (tertiary/aromatic N) is 1. The number of benzene rings is 4. The molecule has 0 aliphatic rings. The van der Waals surface area contributed by atoms with Gasteiger partial charge >= 0.3 is 0 Å². The minimum Gasteiger partial charge on any atom is -0.391 e. The second kappa shape index (κ2) is 16.0. The summed E-state index contributed by atoms with van der Waals surface area (Å²) in [5.41, 5.74) is 10.9. The monoisotopic (exact) mass is 563 g/mol. The molecule has 220 valence electrons. The number of hydrogen-bond acceptors (Lipinski definition) is 4. The minimum atomic E-state index is -0.707. The van der Waals surface area contributed by atoms with Crippen molar-refractivity contribution in [2.24, 2.45) is 11.7 Å². The molecule has 4 rings (SSSR count). The molecule has 1 amide bonds. The Morgan fingerprint density at radius 3 is 1.52 bits per heavy atom. The highest BCUT2D eigenvalue weighted by Crippen LogP contribution is 2.23. The molecule has 0 bridgehead atoms. The zero-order chi connectivity index (χ0) is 29.7. The number of nitrogens with two attached hydrogens (primary N) is 1. The zero-order valence-corrected chi connectivity index (χ0v) is 24.8. The van der Waals surface area contributed by atoms with Crippen LogP contribution in [-0.4, -0.2) is 40.1 Å². The Labute approximate surface area is 251 Å². The van der Waals surface area contributed by atoms with Crippen LogP contribution in [-0.2, 0) is 30.7 Å². The molecule has 0 aliphatic carbocycles. The van der Waals surface area contributed by atoms with Crippen LogP contribution in [0.25, 0.3) is 0 Å². The summed E-state index contributed by atoms with van der Waals surface area (Å²) >= 11 is 0. The van der Waals surface area contributed by atoms with E-state index >= 15 is 0 Å². The van der Waals surface area contributed by atoms with Crippen molar-refractivity contribution in [2.45, 2.75) is 70.4 Å². The van der Waals surface area contributed by atoms with Gasteiger partial charge in [-0.15, -0.1) is 0 Å². The third-order valence-electron chi connectivity index (χ3n) is 7.88. The lowest BCUT2D eigenvalue weighted by atomic mass is 9.91. The van der Waals surface area contributed by atoms with E-state index in [1.54, 1.807) is 0 Å². The summed E-state index contributed by atoms with van der Waals surface area (Å²) in [6.07, 6.45) is 0.994. The summed E-state index contributed by atoms with van der Waals surface area (Å²) in [4.78, 5) is 15.5. The molecule has 5 nitrogen and oxygen atoms in total. The summed E-state index contributed by atoms with van der Waals surface area (Å²) in [6, 6.07) is 40.2. The van der Waals surface area contributed by atoms with Crippen LogP contribution in [0.3, 0.4) is 0 Å². The van der Waals surface area contributed by atoms with Crippen molar-refractivity contribution in [2.75, 3.05) is 0 Å². The summed E-state index contributed by atoms with van der Waals surface area (Å²) in [5.74, 6) is -0.159. The van der Waals surface area contributed by atoms with E-state index in [-0.39, 0.29) is 23.9 Å². The summed E-state index contributed by atoms with van der Waals surface area (Å²) in [7, 11) is 0. The first kappa shape index (κ1) is 31.2. The Morgan fingerprint density at radius 1 is 0.690 bits per heavy atom. The van der Waals surface area contributed by atoms with Gasteiger partial charge in [-0.05, 0) is 47.4 Å². The van der Waals surface area contributed by atoms with Gasteiger partial charge in [0.05, 0.1) is 12.1 Å². The van der Waals surface area contributed by atoms with E-state index in [1.807, 2.05) is 62.4 Å². The van der Waals surface area contributed by atoms with Gasteiger partial charge in [-0.2, -0.15) is 0 Å². The molecule has 0 radical (unpaired) electrons. The van der Waals surface area contributed by atoms with Crippen molar-refractivity contribution in [3.63, 3.8) is 0 Å². The van der Waals surface area contributed by atoms with E-state index in [4.69, 9.17) is 5.73 Å². The van der Waals surface area contributed by atoms with Crippen molar-refractivity contribution in [3.05, 3.63) is 144 Å². The predicted molar refractivity (Wildman–Crippen MR) is 172 cm³/mol. The van der Waals surface area contributed by atoms with E-state index < -0.39 is 12.1 Å². The third kappa shape index (κ3) is 9.66. The molecule has 0 saturated heterocycles. The number of carbonyl (C=O) groups excluding carboxylic acids is 1. The molecule has 4 aromatic carbocycles. The molecule has 42 heavy (non-hydrogen) atoms. The fourth-order valence-corrected chi connectivity index (χ4v) is 5.43. The maximum atomic E-state index is 13.1. The second-order valence-corrected chi connectivity index (χ2v) is 11.6. The molecule has 4 aromatic rings. The van der Waals surface area contributed by atoms with E-state index in [9.17, 15) is 9.90 Å². The lowest BCUT2D eigenvalue weighted by Crippen LogP contribution is -2.51. The van der Waals surface area contributed by atoms with Gasteiger partial charge in [-0.3, -0.25) is 9.69 Å². The molecule has 0 fully saturated rings. The normalized spacial score (nSPS) is 14.3. The van der Waals surface area contributed by atoms with Gasteiger partial charge in [0.1, 0.15) is 0 Å². The van der Waals surface area contributed by atoms with Crippen LogP contribution >= 0.6 is 0 Å². The van der Waals surface area contributed by atoms with Crippen LogP contribution < -0.4 is 11.1 Å². The van der Waals surface area contributed by atoms with E-state index in [1.165, 1.54) is 11.1 Å². The number of rotatable bonds is 15. The average Bonchev–Trinajstić information content (AvgIpc) is 3.01. The molecule has 4 N–H and O–H groups in total. The fraction of sp³-hybridized carbons (Fsp3) is 0.324. The molecule has 1 unspecified atom stereocenters. The number of aliphatic hydroxyl groups is 1. The molecule has 5 heteroatoms. The topological polar surface area (TPSA) is 78.6 Å². The van der Waals surface area contributed by atoms with Gasteiger partial charge in [0.15, 0.2) is 0 Å². The number of amides is 1. The Morgan fingerprint density at radius 2 is 1.10 bits per heavy atom.